The smallest absolute Gasteiger partial charge is 0.158 e. The van der Waals surface area contributed by atoms with Gasteiger partial charge in [0.25, 0.3) is 0 Å². The fourth-order valence-electron chi connectivity index (χ4n) is 2.28. The van der Waals surface area contributed by atoms with Gasteiger partial charge in [0, 0.05) is 11.7 Å². The van der Waals surface area contributed by atoms with Gasteiger partial charge in [-0.05, 0) is 18.6 Å². The van der Waals surface area contributed by atoms with E-state index in [0.717, 1.165) is 23.2 Å². The van der Waals surface area contributed by atoms with Crippen LogP contribution >= 0.6 is 8.22 Å². The summed E-state index contributed by atoms with van der Waals surface area (Å²) in [6.45, 7) is 2.23. The van der Waals surface area contributed by atoms with E-state index in [1.165, 1.54) is 12.8 Å². The second-order valence-corrected chi connectivity index (χ2v) is 6.88. The quantitative estimate of drug-likeness (QED) is 0.819. The molecule has 21 heavy (non-hydrogen) atoms. The Labute approximate surface area is 127 Å². The van der Waals surface area contributed by atoms with Crippen LogP contribution in [0.4, 0.5) is 5.69 Å². The fraction of sp³-hybridized carbons (Fsp3) is 0.235. The van der Waals surface area contributed by atoms with E-state index < -0.39 is 8.22 Å². The van der Waals surface area contributed by atoms with E-state index in [1.54, 1.807) is 0 Å². The molecule has 2 aromatic rings. The van der Waals surface area contributed by atoms with Gasteiger partial charge in [-0.3, -0.25) is 0 Å². The van der Waals surface area contributed by atoms with Gasteiger partial charge < -0.3 is 5.09 Å². The number of hydrazone groups is 1. The van der Waals surface area contributed by atoms with Crippen molar-refractivity contribution in [3.05, 3.63) is 66.2 Å². The third-order valence-electron chi connectivity index (χ3n) is 3.42. The van der Waals surface area contributed by atoms with Crippen molar-refractivity contribution in [3.8, 4) is 0 Å². The molecule has 0 saturated heterocycles. The monoisotopic (exact) mass is 297 g/mol. The van der Waals surface area contributed by atoms with Crippen molar-refractivity contribution in [2.45, 2.75) is 19.8 Å². The number of unbranched alkanes of at least 4 members (excludes halogenated alkanes) is 1. The minimum atomic E-state index is -0.474. The average Bonchev–Trinajstić information content (AvgIpc) is 2.99. The van der Waals surface area contributed by atoms with Gasteiger partial charge in [0.05, 0.1) is 5.69 Å². The number of nitrogens with zero attached hydrogens (tertiary/aromatic N) is 2. The molecule has 0 radical (unpaired) electrons. The Morgan fingerprint density at radius 2 is 1.67 bits per heavy atom. The lowest BCUT2D eigenvalue weighted by atomic mass is 10.2. The SMILES string of the molecule is CCCCP1NC(c2ccccc2)=NN1c1ccccc1. The number of rotatable bonds is 5. The lowest BCUT2D eigenvalue weighted by Crippen LogP contribution is -2.17. The predicted octanol–water partition coefficient (Wildman–Crippen LogP) is 4.57. The van der Waals surface area contributed by atoms with Crippen LogP contribution in [0.5, 0.6) is 0 Å². The molecule has 0 fully saturated rings. The molecule has 3 nitrogen and oxygen atoms in total. The molecule has 1 aliphatic rings. The first kappa shape index (κ1) is 14.1. The maximum absolute atomic E-state index is 4.83. The van der Waals surface area contributed by atoms with Crippen LogP contribution in [-0.2, 0) is 0 Å². The average molecular weight is 297 g/mol. The Balaban J connectivity index is 1.87. The third-order valence-corrected chi connectivity index (χ3v) is 5.40. The van der Waals surface area contributed by atoms with Crippen molar-refractivity contribution in [1.29, 1.82) is 0 Å². The summed E-state index contributed by atoms with van der Waals surface area (Å²) in [4.78, 5) is 0. The van der Waals surface area contributed by atoms with Gasteiger partial charge in [0.15, 0.2) is 5.84 Å². The molecular weight excluding hydrogens is 277 g/mol. The van der Waals surface area contributed by atoms with Crippen LogP contribution < -0.4 is 9.87 Å². The molecule has 0 bridgehead atoms. The van der Waals surface area contributed by atoms with Crippen LogP contribution in [0.25, 0.3) is 0 Å². The van der Waals surface area contributed by atoms with Crippen molar-refractivity contribution in [1.82, 2.24) is 5.09 Å². The van der Waals surface area contributed by atoms with Gasteiger partial charge in [-0.2, -0.15) is 0 Å². The maximum Gasteiger partial charge on any atom is 0.158 e. The molecule has 1 aliphatic heterocycles. The molecule has 108 valence electrons. The molecular formula is C17H20N3P. The highest BCUT2D eigenvalue weighted by molar-refractivity contribution is 7.58. The highest BCUT2D eigenvalue weighted by Crippen LogP contribution is 2.45. The summed E-state index contributed by atoms with van der Waals surface area (Å²) >= 11 is 0. The number of benzene rings is 2. The molecule has 0 aromatic heterocycles. The summed E-state index contributed by atoms with van der Waals surface area (Å²) in [6, 6.07) is 20.8. The van der Waals surface area contributed by atoms with Crippen molar-refractivity contribution in [2.75, 3.05) is 10.9 Å². The van der Waals surface area contributed by atoms with Crippen LogP contribution in [0.15, 0.2) is 65.8 Å². The predicted molar refractivity (Wildman–Crippen MR) is 91.7 cm³/mol. The summed E-state index contributed by atoms with van der Waals surface area (Å²) in [7, 11) is -0.474. The van der Waals surface area contributed by atoms with E-state index in [4.69, 9.17) is 5.10 Å². The first-order valence-corrected chi connectivity index (χ1v) is 8.90. The van der Waals surface area contributed by atoms with Crippen LogP contribution in [0.3, 0.4) is 0 Å². The number of amidine groups is 1. The molecule has 1 N–H and O–H groups in total. The van der Waals surface area contributed by atoms with Crippen LogP contribution in [0.1, 0.15) is 25.3 Å². The van der Waals surface area contributed by atoms with E-state index in [9.17, 15) is 0 Å². The second kappa shape index (κ2) is 6.73. The van der Waals surface area contributed by atoms with Crippen molar-refractivity contribution >= 4 is 19.7 Å². The first-order valence-electron chi connectivity index (χ1n) is 7.42. The number of hydrogen-bond acceptors (Lipinski definition) is 3. The molecule has 1 atom stereocenters. The fourth-order valence-corrected chi connectivity index (χ4v) is 4.32. The van der Waals surface area contributed by atoms with E-state index in [2.05, 4.69) is 65.3 Å². The normalized spacial score (nSPS) is 17.5. The molecule has 2 aromatic carbocycles. The largest absolute Gasteiger partial charge is 0.329 e. The molecule has 1 heterocycles. The minimum Gasteiger partial charge on any atom is -0.329 e. The highest BCUT2D eigenvalue weighted by atomic mass is 31.1. The topological polar surface area (TPSA) is 27.6 Å². The number of nitrogens with one attached hydrogen (secondary N) is 1. The van der Waals surface area contributed by atoms with Crippen molar-refractivity contribution in [3.63, 3.8) is 0 Å². The van der Waals surface area contributed by atoms with E-state index >= 15 is 0 Å². The molecule has 4 heteroatoms. The van der Waals surface area contributed by atoms with Gasteiger partial charge in [0.2, 0.25) is 0 Å². The standard InChI is InChI=1S/C17H20N3P/c1-2-3-14-21-19-17(15-10-6-4-7-11-15)18-20(21)16-12-8-5-9-13-16/h4-13H,2-3,14H2,1H3,(H,18,19). The number of hydrogen-bond donors (Lipinski definition) is 1. The summed E-state index contributed by atoms with van der Waals surface area (Å²) in [5.41, 5.74) is 2.32. The van der Waals surface area contributed by atoms with Gasteiger partial charge in [-0.15, -0.1) is 5.10 Å². The zero-order valence-corrected chi connectivity index (χ0v) is 13.1. The summed E-state index contributed by atoms with van der Waals surface area (Å²) in [5, 5.41) is 8.46. The molecule has 0 amide bonds. The maximum atomic E-state index is 4.83. The van der Waals surface area contributed by atoms with E-state index in [0.29, 0.717) is 0 Å². The third kappa shape index (κ3) is 3.25. The summed E-state index contributed by atoms with van der Waals surface area (Å²) < 4.78 is 2.17. The zero-order chi connectivity index (χ0) is 14.5. The van der Waals surface area contributed by atoms with Crippen molar-refractivity contribution < 1.29 is 0 Å². The first-order chi connectivity index (χ1) is 10.4. The Hall–Kier alpha value is -1.86. The van der Waals surface area contributed by atoms with Gasteiger partial charge in [0.1, 0.15) is 8.22 Å². The lowest BCUT2D eigenvalue weighted by molar-refractivity contribution is 0.887. The van der Waals surface area contributed by atoms with Crippen LogP contribution in [-0.4, -0.2) is 12.0 Å². The Kier molecular flexibility index (Phi) is 4.52. The minimum absolute atomic E-state index is 0.474. The van der Waals surface area contributed by atoms with Crippen LogP contribution in [0, 0.1) is 0 Å². The summed E-state index contributed by atoms with van der Waals surface area (Å²) in [5.74, 6) is 0.988. The Bertz CT molecular complexity index is 598. The lowest BCUT2D eigenvalue weighted by Gasteiger charge is -2.22. The molecule has 0 spiro atoms. The molecule has 0 aliphatic carbocycles. The summed E-state index contributed by atoms with van der Waals surface area (Å²) in [6.07, 6.45) is 3.59. The number of anilines is 1. The second-order valence-electron chi connectivity index (χ2n) is 5.03. The molecule has 1 unspecified atom stereocenters. The van der Waals surface area contributed by atoms with Gasteiger partial charge >= 0.3 is 0 Å². The number of para-hydroxylation sites is 1. The van der Waals surface area contributed by atoms with Crippen molar-refractivity contribution in [2.24, 2.45) is 5.10 Å². The molecule has 3 rings (SSSR count). The Morgan fingerprint density at radius 1 is 1.00 bits per heavy atom. The van der Waals surface area contributed by atoms with Gasteiger partial charge in [-0.25, -0.2) is 4.78 Å². The molecule has 0 saturated carbocycles. The highest BCUT2D eigenvalue weighted by Gasteiger charge is 2.27. The zero-order valence-electron chi connectivity index (χ0n) is 12.2. The van der Waals surface area contributed by atoms with E-state index in [-0.39, 0.29) is 0 Å². The Morgan fingerprint density at radius 3 is 2.33 bits per heavy atom. The van der Waals surface area contributed by atoms with E-state index in [1.807, 2.05) is 12.1 Å². The van der Waals surface area contributed by atoms with Crippen LogP contribution in [0.2, 0.25) is 0 Å². The van der Waals surface area contributed by atoms with Gasteiger partial charge in [-0.1, -0.05) is 61.9 Å².